The van der Waals surface area contributed by atoms with Crippen LogP contribution >= 0.6 is 0 Å². The molecule has 31 heavy (non-hydrogen) atoms. The molecule has 2 amide bonds. The number of likely N-dealkylation sites (tertiary alicyclic amines) is 1. The highest BCUT2D eigenvalue weighted by atomic mass is 16.5. The molecule has 0 unspecified atom stereocenters. The Balaban J connectivity index is 1.84. The lowest BCUT2D eigenvalue weighted by Gasteiger charge is -2.23. The lowest BCUT2D eigenvalue weighted by molar-refractivity contribution is -0.896. The third-order valence-electron chi connectivity index (χ3n) is 5.67. The number of carbonyl (C=O) groups excluding carboxylic acids is 2. The van der Waals surface area contributed by atoms with Gasteiger partial charge in [-0.1, -0.05) is 17.7 Å². The van der Waals surface area contributed by atoms with Gasteiger partial charge in [0.15, 0.2) is 6.54 Å². The van der Waals surface area contributed by atoms with E-state index in [-0.39, 0.29) is 11.8 Å². The minimum absolute atomic E-state index is 0.0735. The topological polar surface area (TPSA) is 81.1 Å². The number of hydrogen-bond acceptors (Lipinski definition) is 4. The van der Waals surface area contributed by atoms with E-state index in [0.29, 0.717) is 40.5 Å². The van der Waals surface area contributed by atoms with Crippen molar-refractivity contribution in [2.24, 2.45) is 0 Å². The second-order valence-corrected chi connectivity index (χ2v) is 8.02. The molecule has 0 aliphatic carbocycles. The molecular weight excluding hydrogens is 394 g/mol. The highest BCUT2D eigenvalue weighted by molar-refractivity contribution is 6.06. The molecule has 1 aliphatic rings. The number of rotatable bonds is 7. The zero-order valence-corrected chi connectivity index (χ0v) is 18.8. The lowest BCUT2D eigenvalue weighted by Crippen LogP contribution is -3.13. The number of quaternary nitrogens is 1. The van der Waals surface area contributed by atoms with E-state index >= 15 is 0 Å². The summed E-state index contributed by atoms with van der Waals surface area (Å²) < 4.78 is 11.1. The number of piperidine rings is 1. The summed E-state index contributed by atoms with van der Waals surface area (Å²) in [6.45, 7) is 6.26. The molecule has 7 heteroatoms. The standard InChI is InChI=1S/C24H31N3O4/c1-16-8-10-18(11-9-16)24(29)26-20-14-19(22(30-3)17(2)23(20)31-4)25-21(28)15-27-12-6-5-7-13-27/h8-11,14H,5-7,12-13,15H2,1-4H3,(H,25,28)(H,26,29)/p+1. The van der Waals surface area contributed by atoms with Crippen molar-refractivity contribution in [1.82, 2.24) is 0 Å². The number of amides is 2. The monoisotopic (exact) mass is 426 g/mol. The summed E-state index contributed by atoms with van der Waals surface area (Å²) in [4.78, 5) is 26.8. The van der Waals surface area contributed by atoms with E-state index in [9.17, 15) is 9.59 Å². The van der Waals surface area contributed by atoms with Crippen LogP contribution in [-0.2, 0) is 4.79 Å². The Kier molecular flexibility index (Phi) is 7.52. The van der Waals surface area contributed by atoms with Crippen LogP contribution in [0.3, 0.4) is 0 Å². The molecule has 7 nitrogen and oxygen atoms in total. The molecule has 3 rings (SSSR count). The van der Waals surface area contributed by atoms with Crippen molar-refractivity contribution in [2.75, 3.05) is 44.5 Å². The summed E-state index contributed by atoms with van der Waals surface area (Å²) in [5.41, 5.74) is 3.32. The van der Waals surface area contributed by atoms with Gasteiger partial charge in [-0.3, -0.25) is 9.59 Å². The number of methoxy groups -OCH3 is 2. The van der Waals surface area contributed by atoms with Crippen LogP contribution in [0.2, 0.25) is 0 Å². The number of anilines is 2. The fraction of sp³-hybridized carbons (Fsp3) is 0.417. The minimum atomic E-state index is -0.252. The molecule has 166 valence electrons. The van der Waals surface area contributed by atoms with Crippen molar-refractivity contribution in [3.8, 4) is 11.5 Å². The molecule has 0 spiro atoms. The molecule has 3 N–H and O–H groups in total. The van der Waals surface area contributed by atoms with Crippen LogP contribution in [0, 0.1) is 13.8 Å². The van der Waals surface area contributed by atoms with Gasteiger partial charge in [-0.05, 0) is 51.3 Å². The highest BCUT2D eigenvalue weighted by Gasteiger charge is 2.22. The molecule has 1 saturated heterocycles. The van der Waals surface area contributed by atoms with Crippen molar-refractivity contribution in [3.05, 3.63) is 47.0 Å². The predicted molar refractivity (Wildman–Crippen MR) is 121 cm³/mol. The molecule has 2 aromatic rings. The van der Waals surface area contributed by atoms with Crippen LogP contribution in [0.15, 0.2) is 30.3 Å². The summed E-state index contributed by atoms with van der Waals surface area (Å²) >= 11 is 0. The second-order valence-electron chi connectivity index (χ2n) is 8.02. The van der Waals surface area contributed by atoms with E-state index in [4.69, 9.17) is 9.47 Å². The van der Waals surface area contributed by atoms with Crippen molar-refractivity contribution in [2.45, 2.75) is 33.1 Å². The van der Waals surface area contributed by atoms with Gasteiger partial charge >= 0.3 is 0 Å². The van der Waals surface area contributed by atoms with Crippen LogP contribution in [0.5, 0.6) is 11.5 Å². The van der Waals surface area contributed by atoms with Crippen molar-refractivity contribution >= 4 is 23.2 Å². The molecule has 2 aromatic carbocycles. The Morgan fingerprint density at radius 3 is 2.06 bits per heavy atom. The average Bonchev–Trinajstić information content (AvgIpc) is 2.75. The number of benzene rings is 2. The summed E-state index contributed by atoms with van der Waals surface area (Å²) in [6.07, 6.45) is 3.55. The van der Waals surface area contributed by atoms with Crippen molar-refractivity contribution in [3.63, 3.8) is 0 Å². The maximum atomic E-state index is 12.8. The maximum Gasteiger partial charge on any atom is 0.279 e. The quantitative estimate of drug-likeness (QED) is 0.636. The first-order valence-corrected chi connectivity index (χ1v) is 10.7. The molecule has 1 heterocycles. The van der Waals surface area contributed by atoms with Gasteiger partial charge in [0.1, 0.15) is 11.5 Å². The van der Waals surface area contributed by atoms with E-state index < -0.39 is 0 Å². The first-order chi connectivity index (χ1) is 14.9. The molecule has 0 bridgehead atoms. The van der Waals surface area contributed by atoms with E-state index in [1.165, 1.54) is 11.3 Å². The Morgan fingerprint density at radius 2 is 1.48 bits per heavy atom. The summed E-state index contributed by atoms with van der Waals surface area (Å²) in [7, 11) is 3.10. The van der Waals surface area contributed by atoms with Gasteiger partial charge in [0.05, 0.1) is 38.7 Å². The first kappa shape index (κ1) is 22.6. The van der Waals surface area contributed by atoms with Gasteiger partial charge < -0.3 is 25.0 Å². The lowest BCUT2D eigenvalue weighted by atomic mass is 10.1. The molecule has 1 fully saturated rings. The van der Waals surface area contributed by atoms with Crippen molar-refractivity contribution < 1.29 is 24.0 Å². The van der Waals surface area contributed by atoms with Gasteiger partial charge in [-0.25, -0.2) is 0 Å². The second kappa shape index (κ2) is 10.3. The minimum Gasteiger partial charge on any atom is -0.494 e. The van der Waals surface area contributed by atoms with Crippen LogP contribution in [0.1, 0.15) is 40.7 Å². The fourth-order valence-corrected chi connectivity index (χ4v) is 4.04. The first-order valence-electron chi connectivity index (χ1n) is 10.7. The third-order valence-corrected chi connectivity index (χ3v) is 5.67. The zero-order chi connectivity index (χ0) is 22.4. The normalized spacial score (nSPS) is 14.1. The smallest absolute Gasteiger partial charge is 0.279 e. The Morgan fingerprint density at radius 1 is 0.903 bits per heavy atom. The van der Waals surface area contributed by atoms with E-state index in [2.05, 4.69) is 10.6 Å². The summed E-state index contributed by atoms with van der Waals surface area (Å²) in [5.74, 6) is 0.692. The Labute approximate surface area is 183 Å². The van der Waals surface area contributed by atoms with E-state index in [1.54, 1.807) is 32.4 Å². The molecule has 0 aromatic heterocycles. The van der Waals surface area contributed by atoms with E-state index in [1.807, 2.05) is 26.0 Å². The third kappa shape index (κ3) is 5.55. The summed E-state index contributed by atoms with van der Waals surface area (Å²) in [6, 6.07) is 9.02. The summed E-state index contributed by atoms with van der Waals surface area (Å²) in [5, 5.41) is 5.88. The molecule has 1 aliphatic heterocycles. The number of nitrogens with one attached hydrogen (secondary N) is 3. The molecular formula is C24H32N3O4+. The van der Waals surface area contributed by atoms with E-state index in [0.717, 1.165) is 31.5 Å². The van der Waals surface area contributed by atoms with Crippen LogP contribution in [0.25, 0.3) is 0 Å². The van der Waals surface area contributed by atoms with Gasteiger partial charge in [0, 0.05) is 11.1 Å². The molecule has 0 atom stereocenters. The molecule has 0 saturated carbocycles. The average molecular weight is 427 g/mol. The van der Waals surface area contributed by atoms with Gasteiger partial charge in [-0.15, -0.1) is 0 Å². The van der Waals surface area contributed by atoms with Crippen LogP contribution in [-0.4, -0.2) is 45.7 Å². The van der Waals surface area contributed by atoms with Crippen molar-refractivity contribution in [1.29, 1.82) is 0 Å². The Bertz CT molecular complexity index is 935. The number of hydrogen-bond donors (Lipinski definition) is 3. The number of ether oxygens (including phenoxy) is 2. The predicted octanol–water partition coefficient (Wildman–Crippen LogP) is 2.58. The maximum absolute atomic E-state index is 12.8. The van der Waals surface area contributed by atoms with Crippen LogP contribution in [0.4, 0.5) is 11.4 Å². The Hall–Kier alpha value is -3.06. The van der Waals surface area contributed by atoms with Gasteiger partial charge in [0.25, 0.3) is 11.8 Å². The molecule has 0 radical (unpaired) electrons. The zero-order valence-electron chi connectivity index (χ0n) is 18.8. The fourth-order valence-electron chi connectivity index (χ4n) is 4.04. The number of aryl methyl sites for hydroxylation is 1. The number of carbonyl (C=O) groups is 2. The SMILES string of the molecule is COc1c(NC(=O)C[NH+]2CCCCC2)cc(NC(=O)c2ccc(C)cc2)c(OC)c1C. The van der Waals surface area contributed by atoms with Crippen LogP contribution < -0.4 is 25.0 Å². The largest absolute Gasteiger partial charge is 0.494 e. The highest BCUT2D eigenvalue weighted by Crippen LogP contribution is 2.41. The van der Waals surface area contributed by atoms with Gasteiger partial charge in [0.2, 0.25) is 0 Å². The van der Waals surface area contributed by atoms with Gasteiger partial charge in [-0.2, -0.15) is 0 Å².